The molecule has 7 rings (SSSR count). The van der Waals surface area contributed by atoms with Crippen LogP contribution in [-0.2, 0) is 34.2 Å². The fourth-order valence-corrected chi connectivity index (χ4v) is 12.3. The molecule has 3 nitrogen and oxygen atoms in total. The molecular weight excluding hydrogens is 737 g/mol. The molecule has 4 saturated heterocycles. The van der Waals surface area contributed by atoms with Crippen molar-refractivity contribution in [3.8, 4) is 12.3 Å². The van der Waals surface area contributed by atoms with Crippen molar-refractivity contribution in [3.05, 3.63) is 91.0 Å². The van der Waals surface area contributed by atoms with Crippen LogP contribution in [0, 0.1) is 18.4 Å². The molecule has 3 aromatic carbocycles. The van der Waals surface area contributed by atoms with Gasteiger partial charge in [0, 0.05) is 6.04 Å². The third-order valence-electron chi connectivity index (χ3n) is 6.55. The van der Waals surface area contributed by atoms with Gasteiger partial charge in [0.05, 0.1) is 14.6 Å². The minimum Gasteiger partial charge on any atom is -1.00 e. The van der Waals surface area contributed by atoms with E-state index >= 15 is 0 Å². The van der Waals surface area contributed by atoms with Crippen molar-refractivity contribution in [2.24, 2.45) is 0 Å². The first-order chi connectivity index (χ1) is 16.1. The van der Waals surface area contributed by atoms with Gasteiger partial charge in [-0.2, -0.15) is 30.3 Å². The van der Waals surface area contributed by atoms with E-state index in [1.165, 1.54) is 54.0 Å². The van der Waals surface area contributed by atoms with E-state index in [1.807, 2.05) is 30.3 Å². The van der Waals surface area contributed by atoms with Gasteiger partial charge in [-0.05, 0) is 16.5 Å². The normalized spacial score (nSPS) is 25.7. The Labute approximate surface area is 242 Å². The molecule has 186 valence electrons. The molecule has 0 N–H and O–H groups in total. The molecule has 4 heterocycles. The Morgan fingerprint density at radius 1 is 0.914 bits per heavy atom. The Hall–Kier alpha value is -0.600. The Morgan fingerprint density at radius 3 is 1.91 bits per heavy atom. The van der Waals surface area contributed by atoms with Gasteiger partial charge in [0.2, 0.25) is 0 Å². The van der Waals surface area contributed by atoms with Crippen molar-refractivity contribution >= 4 is 41.7 Å². The fourth-order valence-electron chi connectivity index (χ4n) is 5.45. The SMILES string of the molecule is C#CC[N+]12CN3CN(C[PH+](C3)C1)C2.S=P(c1[c-]cccc1)(c1ccccc1)c1ccccc1.[Au+].[Br-]. The Kier molecular flexibility index (Phi) is 10.6. The van der Waals surface area contributed by atoms with E-state index in [-0.39, 0.29) is 47.3 Å². The summed E-state index contributed by atoms with van der Waals surface area (Å²) < 4.78 is 1.19. The van der Waals surface area contributed by atoms with Crippen LogP contribution in [0.3, 0.4) is 0 Å². The molecule has 0 saturated carbocycles. The summed E-state index contributed by atoms with van der Waals surface area (Å²) in [5.74, 6) is 2.86. The number of rotatable bonds is 4. The molecule has 4 aliphatic rings. The van der Waals surface area contributed by atoms with Gasteiger partial charge in [-0.1, -0.05) is 72.5 Å². The van der Waals surface area contributed by atoms with E-state index < -0.39 is 6.04 Å². The predicted molar refractivity (Wildman–Crippen MR) is 147 cm³/mol. The Bertz CT molecular complexity index is 1040. The van der Waals surface area contributed by atoms with Crippen molar-refractivity contribution in [2.75, 3.05) is 45.4 Å². The van der Waals surface area contributed by atoms with Crippen molar-refractivity contribution in [1.29, 1.82) is 0 Å². The molecule has 0 spiro atoms. The minimum absolute atomic E-state index is 0. The second kappa shape index (κ2) is 12.8. The smallest absolute Gasteiger partial charge is 1.00 e. The van der Waals surface area contributed by atoms with E-state index in [0.717, 1.165) is 11.8 Å². The summed E-state index contributed by atoms with van der Waals surface area (Å²) in [6, 6.07) is 30.2. The first-order valence-corrected chi connectivity index (χ1v) is 16.3. The quantitative estimate of drug-likeness (QED) is 0.124. The third kappa shape index (κ3) is 6.28. The average Bonchev–Trinajstić information content (AvgIpc) is 2.85. The predicted octanol–water partition coefficient (Wildman–Crippen LogP) is 0.284. The average molecular weight is 767 g/mol. The van der Waals surface area contributed by atoms with Crippen LogP contribution >= 0.6 is 14.0 Å². The first-order valence-electron chi connectivity index (χ1n) is 11.4. The van der Waals surface area contributed by atoms with Crippen LogP contribution in [-0.4, -0.2) is 59.7 Å². The largest absolute Gasteiger partial charge is 1.00 e. The fraction of sp³-hybridized carbons (Fsp3) is 0.259. The number of benzene rings is 3. The van der Waals surface area contributed by atoms with Crippen molar-refractivity contribution in [2.45, 2.75) is 0 Å². The summed E-state index contributed by atoms with van der Waals surface area (Å²) in [6.07, 6.45) is 9.69. The summed E-state index contributed by atoms with van der Waals surface area (Å²) in [4.78, 5) is 5.20. The van der Waals surface area contributed by atoms with Gasteiger partial charge < -0.3 is 17.0 Å². The molecule has 4 aliphatic heterocycles. The number of nitrogens with zero attached hydrogens (tertiary/aromatic N) is 3. The summed E-state index contributed by atoms with van der Waals surface area (Å²) in [5, 5.41) is 3.54. The van der Waals surface area contributed by atoms with Gasteiger partial charge >= 0.3 is 22.4 Å². The molecule has 0 aliphatic carbocycles. The zero-order valence-electron chi connectivity index (χ0n) is 19.5. The molecule has 0 amide bonds. The third-order valence-corrected chi connectivity index (χ3v) is 14.3. The molecule has 3 aromatic rings. The minimum atomic E-state index is -2.00. The van der Waals surface area contributed by atoms with Gasteiger partial charge in [0.1, 0.15) is 32.5 Å². The molecule has 35 heavy (non-hydrogen) atoms. The van der Waals surface area contributed by atoms with E-state index in [4.69, 9.17) is 18.2 Å². The van der Waals surface area contributed by atoms with Crippen LogP contribution in [0.4, 0.5) is 0 Å². The molecule has 0 aromatic heterocycles. The summed E-state index contributed by atoms with van der Waals surface area (Å²) in [5.41, 5.74) is 0. The maximum atomic E-state index is 6.18. The molecule has 4 bridgehead atoms. The van der Waals surface area contributed by atoms with Crippen LogP contribution in [0.25, 0.3) is 0 Å². The molecule has 2 atom stereocenters. The maximum absolute atomic E-state index is 6.18. The number of quaternary nitrogens is 1. The van der Waals surface area contributed by atoms with Crippen molar-refractivity contribution in [1.82, 2.24) is 9.80 Å². The van der Waals surface area contributed by atoms with Gasteiger partial charge in [-0.3, -0.25) is 4.48 Å². The van der Waals surface area contributed by atoms with E-state index in [1.54, 1.807) is 0 Å². The van der Waals surface area contributed by atoms with Gasteiger partial charge in [0.25, 0.3) is 0 Å². The topological polar surface area (TPSA) is 6.48 Å². The van der Waals surface area contributed by atoms with Gasteiger partial charge in [-0.15, -0.1) is 11.7 Å². The molecule has 4 fully saturated rings. The summed E-state index contributed by atoms with van der Waals surface area (Å²) >= 11 is 6.18. The molecule has 0 radical (unpaired) electrons. The zero-order valence-corrected chi connectivity index (χ0v) is 25.9. The number of hydrogen-bond acceptors (Lipinski definition) is 3. The Balaban J connectivity index is 0.000000199. The zero-order chi connectivity index (χ0) is 22.7. The first kappa shape index (κ1) is 29.0. The number of terminal acetylenes is 1. The monoisotopic (exact) mass is 766 g/mol. The number of halogens is 1. The summed E-state index contributed by atoms with van der Waals surface area (Å²) in [6.45, 7) is 4.59. The van der Waals surface area contributed by atoms with Crippen molar-refractivity contribution < 1.29 is 43.8 Å². The van der Waals surface area contributed by atoms with Gasteiger partial charge in [0.15, 0.2) is 6.29 Å². The molecule has 2 unspecified atom stereocenters. The second-order valence-electron chi connectivity index (χ2n) is 9.22. The van der Waals surface area contributed by atoms with Crippen LogP contribution in [0.15, 0.2) is 84.9 Å². The van der Waals surface area contributed by atoms with E-state index in [2.05, 4.69) is 76.4 Å². The van der Waals surface area contributed by atoms with Crippen LogP contribution in [0.2, 0.25) is 0 Å². The van der Waals surface area contributed by atoms with E-state index in [9.17, 15) is 0 Å². The van der Waals surface area contributed by atoms with Gasteiger partial charge in [-0.25, -0.2) is 9.80 Å². The van der Waals surface area contributed by atoms with Crippen LogP contribution < -0.4 is 32.9 Å². The van der Waals surface area contributed by atoms with Crippen LogP contribution in [0.1, 0.15) is 0 Å². The summed E-state index contributed by atoms with van der Waals surface area (Å²) in [7, 11) is -0.0990. The molecule has 8 heteroatoms. The second-order valence-corrected chi connectivity index (χ2v) is 16.0. The maximum Gasteiger partial charge on any atom is 1.00 e. The van der Waals surface area contributed by atoms with E-state index in [0.29, 0.717) is 0 Å². The van der Waals surface area contributed by atoms with Crippen molar-refractivity contribution in [3.63, 3.8) is 0 Å². The number of hydrogen-bond donors (Lipinski definition) is 0. The van der Waals surface area contributed by atoms with Crippen LogP contribution in [0.5, 0.6) is 0 Å². The standard InChI is InChI=1S/C18H14PS.C9H15N3P.Au.BrH/c20-19(16-10-4-1-5-11-16,17-12-6-2-7-13-17)18-14-8-3-9-15-18;1-2-3-12-5-10-4-11(6-12)8-13(7-10)9-12;;/h1-14H;1H,3-9H2;;1H/q-1;2*+1;. The molecular formula is C27H30AuBrN3P2S+. The Morgan fingerprint density at radius 2 is 1.46 bits per heavy atom.